The second-order valence-corrected chi connectivity index (χ2v) is 8.14. The van der Waals surface area contributed by atoms with Crippen LogP contribution in [0.3, 0.4) is 0 Å². The number of anilines is 1. The van der Waals surface area contributed by atoms with Gasteiger partial charge in [-0.15, -0.1) is 0 Å². The van der Waals surface area contributed by atoms with Gasteiger partial charge in [-0.1, -0.05) is 0 Å². The highest BCUT2D eigenvalue weighted by molar-refractivity contribution is 5.93. The molecule has 0 radical (unpaired) electrons. The second-order valence-electron chi connectivity index (χ2n) is 8.14. The molecule has 4 heterocycles. The summed E-state index contributed by atoms with van der Waals surface area (Å²) >= 11 is 0. The van der Waals surface area contributed by atoms with Gasteiger partial charge in [-0.2, -0.15) is 5.10 Å². The summed E-state index contributed by atoms with van der Waals surface area (Å²) < 4.78 is 1.64. The molecule has 2 aromatic heterocycles. The Hall–Kier alpha value is -2.97. The van der Waals surface area contributed by atoms with E-state index in [1.54, 1.807) is 35.0 Å². The van der Waals surface area contributed by atoms with Gasteiger partial charge >= 0.3 is 5.97 Å². The Morgan fingerprint density at radius 2 is 2.07 bits per heavy atom. The van der Waals surface area contributed by atoms with Crippen LogP contribution in [0, 0.1) is 24.2 Å². The van der Waals surface area contributed by atoms with Crippen LogP contribution in [0.1, 0.15) is 18.7 Å². The van der Waals surface area contributed by atoms with Crippen LogP contribution in [0.4, 0.5) is 5.82 Å². The summed E-state index contributed by atoms with van der Waals surface area (Å²) in [5.41, 5.74) is -1.07. The summed E-state index contributed by atoms with van der Waals surface area (Å²) in [6.45, 7) is 3.41. The highest BCUT2D eigenvalue weighted by atomic mass is 16.4. The van der Waals surface area contributed by atoms with E-state index in [4.69, 9.17) is 0 Å². The van der Waals surface area contributed by atoms with Crippen molar-refractivity contribution in [3.63, 3.8) is 0 Å². The van der Waals surface area contributed by atoms with Gasteiger partial charge in [0.1, 0.15) is 17.1 Å². The quantitative estimate of drug-likeness (QED) is 0.813. The van der Waals surface area contributed by atoms with Crippen LogP contribution in [-0.2, 0) is 9.59 Å². The lowest BCUT2D eigenvalue weighted by atomic mass is 9.81. The number of aryl methyl sites for hydroxylation is 1. The predicted molar refractivity (Wildman–Crippen MR) is 99.0 cm³/mol. The van der Waals surface area contributed by atoms with Crippen molar-refractivity contribution in [2.45, 2.75) is 19.8 Å². The molecule has 1 aliphatic carbocycles. The SMILES string of the molecule is Cc1nc(N2C[C@H]3C(=O)N(CC4CC4)C[C@@]3(C(=O)O)C2)cc(-n2cccn2)n1. The molecule has 3 fully saturated rings. The van der Waals surface area contributed by atoms with Gasteiger partial charge in [0, 0.05) is 44.6 Å². The number of carbonyl (C=O) groups is 2. The van der Waals surface area contributed by atoms with Gasteiger partial charge in [-0.25, -0.2) is 14.6 Å². The van der Waals surface area contributed by atoms with E-state index in [1.165, 1.54) is 0 Å². The first-order chi connectivity index (χ1) is 13.5. The van der Waals surface area contributed by atoms with Gasteiger partial charge in [-0.3, -0.25) is 9.59 Å². The van der Waals surface area contributed by atoms with Crippen molar-refractivity contribution in [3.8, 4) is 5.82 Å². The summed E-state index contributed by atoms with van der Waals surface area (Å²) in [6.07, 6.45) is 5.74. The lowest BCUT2D eigenvalue weighted by Crippen LogP contribution is -2.41. The molecule has 2 aliphatic heterocycles. The van der Waals surface area contributed by atoms with E-state index in [1.807, 2.05) is 11.0 Å². The molecule has 5 rings (SSSR count). The number of fused-ring (bicyclic) bond motifs is 1. The van der Waals surface area contributed by atoms with Crippen LogP contribution in [0.2, 0.25) is 0 Å². The third-order valence-corrected chi connectivity index (χ3v) is 6.10. The molecule has 3 aliphatic rings. The molecule has 0 spiro atoms. The third kappa shape index (κ3) is 2.64. The van der Waals surface area contributed by atoms with Gasteiger partial charge in [-0.05, 0) is 31.7 Å². The van der Waals surface area contributed by atoms with Crippen LogP contribution < -0.4 is 4.90 Å². The molecule has 2 atom stereocenters. The summed E-state index contributed by atoms with van der Waals surface area (Å²) in [6, 6.07) is 3.60. The molecule has 0 aromatic carbocycles. The van der Waals surface area contributed by atoms with E-state index in [0.717, 1.165) is 12.8 Å². The Morgan fingerprint density at radius 1 is 1.29 bits per heavy atom. The molecule has 146 valence electrons. The molecule has 1 N–H and O–H groups in total. The lowest BCUT2D eigenvalue weighted by Gasteiger charge is -2.26. The third-order valence-electron chi connectivity index (χ3n) is 6.10. The molecule has 0 bridgehead atoms. The van der Waals surface area contributed by atoms with Crippen molar-refractivity contribution >= 4 is 17.7 Å². The number of aromatic nitrogens is 4. The van der Waals surface area contributed by atoms with Crippen LogP contribution >= 0.6 is 0 Å². The summed E-state index contributed by atoms with van der Waals surface area (Å²) in [5, 5.41) is 14.2. The smallest absolute Gasteiger partial charge is 0.314 e. The topological polar surface area (TPSA) is 104 Å². The largest absolute Gasteiger partial charge is 0.481 e. The van der Waals surface area contributed by atoms with Crippen molar-refractivity contribution < 1.29 is 14.7 Å². The van der Waals surface area contributed by atoms with Gasteiger partial charge in [0.15, 0.2) is 5.82 Å². The average Bonchev–Trinajstić information content (AvgIpc) is 3.08. The summed E-state index contributed by atoms with van der Waals surface area (Å²) in [7, 11) is 0. The number of amides is 1. The molecule has 9 heteroatoms. The standard InChI is InChI=1S/C19H22N6O3/c1-12-21-15(7-16(22-12)25-6-2-5-20-25)23-9-14-17(26)24(8-13-3-4-13)11-19(14,10-23)18(27)28/h2,5-7,13-14H,3-4,8-11H2,1H3,(H,27,28)/t14-,19-/m0/s1. The van der Waals surface area contributed by atoms with Crippen molar-refractivity contribution in [3.05, 3.63) is 30.4 Å². The fraction of sp³-hybridized carbons (Fsp3) is 0.526. The maximum Gasteiger partial charge on any atom is 0.314 e. The number of aliphatic carboxylic acids is 1. The van der Waals surface area contributed by atoms with E-state index in [9.17, 15) is 14.7 Å². The molecule has 9 nitrogen and oxygen atoms in total. The van der Waals surface area contributed by atoms with Gasteiger partial charge < -0.3 is 14.9 Å². The zero-order valence-electron chi connectivity index (χ0n) is 15.7. The maximum atomic E-state index is 12.9. The monoisotopic (exact) mass is 382 g/mol. The van der Waals surface area contributed by atoms with Crippen LogP contribution in [0.15, 0.2) is 24.5 Å². The average molecular weight is 382 g/mol. The zero-order valence-corrected chi connectivity index (χ0v) is 15.7. The van der Waals surface area contributed by atoms with Crippen molar-refractivity contribution in [2.24, 2.45) is 17.3 Å². The minimum Gasteiger partial charge on any atom is -0.481 e. The van der Waals surface area contributed by atoms with Crippen molar-refractivity contribution in [2.75, 3.05) is 31.1 Å². The lowest BCUT2D eigenvalue weighted by molar-refractivity contribution is -0.149. The van der Waals surface area contributed by atoms with E-state index in [0.29, 0.717) is 36.5 Å². The summed E-state index contributed by atoms with van der Waals surface area (Å²) in [5.74, 6) is 0.911. The highest BCUT2D eigenvalue weighted by Crippen LogP contribution is 2.46. The molecule has 1 amide bonds. The second kappa shape index (κ2) is 6.02. The van der Waals surface area contributed by atoms with Crippen LogP contribution in [0.5, 0.6) is 0 Å². The first kappa shape index (κ1) is 17.2. The normalized spacial score (nSPS) is 26.8. The number of hydrogen-bond donors (Lipinski definition) is 1. The van der Waals surface area contributed by atoms with Crippen LogP contribution in [0.25, 0.3) is 5.82 Å². The van der Waals surface area contributed by atoms with Gasteiger partial charge in [0.2, 0.25) is 5.91 Å². The summed E-state index contributed by atoms with van der Waals surface area (Å²) in [4.78, 5) is 37.8. The molecule has 2 saturated heterocycles. The molecule has 1 saturated carbocycles. The van der Waals surface area contributed by atoms with Crippen LogP contribution in [-0.4, -0.2) is 67.8 Å². The van der Waals surface area contributed by atoms with E-state index in [2.05, 4.69) is 15.1 Å². The minimum absolute atomic E-state index is 0.0325. The number of carbonyl (C=O) groups excluding carboxylic acids is 1. The Morgan fingerprint density at radius 3 is 2.71 bits per heavy atom. The fourth-order valence-corrected chi connectivity index (χ4v) is 4.47. The number of carboxylic acid groups (broad SMARTS) is 1. The van der Waals surface area contributed by atoms with Gasteiger partial charge in [0.25, 0.3) is 0 Å². The molecule has 0 unspecified atom stereocenters. The molecule has 28 heavy (non-hydrogen) atoms. The van der Waals surface area contributed by atoms with E-state index in [-0.39, 0.29) is 19.0 Å². The number of likely N-dealkylation sites (tertiary alicyclic amines) is 1. The zero-order chi connectivity index (χ0) is 19.5. The first-order valence-electron chi connectivity index (χ1n) is 9.59. The molecular weight excluding hydrogens is 360 g/mol. The minimum atomic E-state index is -1.07. The van der Waals surface area contributed by atoms with E-state index >= 15 is 0 Å². The maximum absolute atomic E-state index is 12.9. The van der Waals surface area contributed by atoms with E-state index < -0.39 is 17.3 Å². The number of hydrogen-bond acceptors (Lipinski definition) is 6. The van der Waals surface area contributed by atoms with Gasteiger partial charge in [0.05, 0.1) is 5.92 Å². The molecular formula is C19H22N6O3. The molecule has 2 aromatic rings. The number of carboxylic acids is 1. The highest BCUT2D eigenvalue weighted by Gasteiger charge is 2.62. The predicted octanol–water partition coefficient (Wildman–Crippen LogP) is 0.730. The Balaban J connectivity index is 1.45. The Labute approximate surface area is 162 Å². The van der Waals surface area contributed by atoms with Crippen molar-refractivity contribution in [1.29, 1.82) is 0 Å². The van der Waals surface area contributed by atoms with Crippen molar-refractivity contribution in [1.82, 2.24) is 24.6 Å². The Bertz CT molecular complexity index is 941. The Kier molecular flexibility index (Phi) is 3.68. The fourth-order valence-electron chi connectivity index (χ4n) is 4.47. The number of nitrogens with zero attached hydrogens (tertiary/aromatic N) is 6. The number of rotatable bonds is 5. The first-order valence-corrected chi connectivity index (χ1v) is 9.59.